The van der Waals surface area contributed by atoms with Crippen LogP contribution in [0, 0.1) is 0 Å². The molecule has 0 unspecified atom stereocenters. The number of benzene rings is 4. The number of rotatable bonds is 8. The van der Waals surface area contributed by atoms with Crippen LogP contribution in [0.15, 0.2) is 108 Å². The average molecular weight is 754 g/mol. The summed E-state index contributed by atoms with van der Waals surface area (Å²) in [5.41, 5.74) is 3.96. The lowest BCUT2D eigenvalue weighted by Gasteiger charge is -2.11. The number of nitrogen functional groups attached to an aromatic ring is 1. The van der Waals surface area contributed by atoms with Crippen LogP contribution >= 0.6 is 0 Å². The van der Waals surface area contributed by atoms with Gasteiger partial charge in [-0.3, -0.25) is 18.6 Å². The van der Waals surface area contributed by atoms with E-state index in [0.717, 1.165) is 24.3 Å². The number of pyridine rings is 2. The quantitative estimate of drug-likeness (QED) is 0.0635. The van der Waals surface area contributed by atoms with E-state index in [1.165, 1.54) is 48.7 Å². The van der Waals surface area contributed by atoms with Crippen molar-refractivity contribution in [3.63, 3.8) is 0 Å². The fraction of sp³-hybridized carbons (Fsp3) is 0. The molecule has 0 spiro atoms. The Labute approximate surface area is 285 Å². The minimum atomic E-state index is -5.16. The second-order valence-corrected chi connectivity index (χ2v) is 14.7. The first-order valence-corrected chi connectivity index (χ1v) is 18.1. The zero-order chi connectivity index (χ0) is 37.0. The first-order chi connectivity index (χ1) is 23.8. The van der Waals surface area contributed by atoms with Crippen LogP contribution < -0.4 is 5.73 Å². The van der Waals surface area contributed by atoms with E-state index in [9.17, 15) is 53.9 Å². The highest BCUT2D eigenvalue weighted by molar-refractivity contribution is 7.86. The molecule has 19 nitrogen and oxygen atoms in total. The summed E-state index contributed by atoms with van der Waals surface area (Å²) in [5, 5.41) is 36.6. The molecule has 0 bridgehead atoms. The average Bonchev–Trinajstić information content (AvgIpc) is 3.05. The van der Waals surface area contributed by atoms with Crippen LogP contribution in [0.3, 0.4) is 0 Å². The molecule has 51 heavy (non-hydrogen) atoms. The van der Waals surface area contributed by atoms with Gasteiger partial charge in [-0.25, -0.2) is 9.78 Å². The molecule has 6 rings (SSSR count). The Balaban J connectivity index is 1.47. The van der Waals surface area contributed by atoms with Crippen molar-refractivity contribution in [1.82, 2.24) is 9.97 Å². The van der Waals surface area contributed by atoms with E-state index in [-0.39, 0.29) is 44.3 Å². The SMILES string of the molecule is Nc1cc2c(O)c(/N=N/c3ccc(/N=N/c4cnc5c(S(=O)(=O)O)cccc5c4)c4ccc(C(=O)O)nc34)c(S(=O)(=O)O)cc2cc1S(=O)(=O)O. The lowest BCUT2D eigenvalue weighted by atomic mass is 10.1. The Morgan fingerprint density at radius 2 is 1.31 bits per heavy atom. The van der Waals surface area contributed by atoms with Gasteiger partial charge in [-0.15, -0.1) is 20.5 Å². The predicted octanol–water partition coefficient (Wildman–Crippen LogP) is 5.49. The van der Waals surface area contributed by atoms with Crippen LogP contribution in [-0.2, 0) is 30.4 Å². The zero-order valence-electron chi connectivity index (χ0n) is 25.0. The smallest absolute Gasteiger partial charge is 0.354 e. The number of nitrogens with two attached hydrogens (primary N) is 1. The largest absolute Gasteiger partial charge is 0.505 e. The van der Waals surface area contributed by atoms with Crippen molar-refractivity contribution < 1.29 is 53.9 Å². The third-order valence-corrected chi connectivity index (χ3v) is 9.90. The molecule has 260 valence electrons. The maximum absolute atomic E-state index is 12.3. The second-order valence-electron chi connectivity index (χ2n) is 10.5. The highest BCUT2D eigenvalue weighted by atomic mass is 32.2. The van der Waals surface area contributed by atoms with Gasteiger partial charge in [0.15, 0.2) is 5.75 Å². The van der Waals surface area contributed by atoms with Gasteiger partial charge in [-0.05, 0) is 60.0 Å². The van der Waals surface area contributed by atoms with Gasteiger partial charge in [0.1, 0.15) is 43.0 Å². The number of aromatic carboxylic acids is 1. The fourth-order valence-electron chi connectivity index (χ4n) is 4.98. The topological polar surface area (TPSA) is 322 Å². The molecule has 0 saturated heterocycles. The fourth-order valence-corrected chi connectivity index (χ4v) is 6.94. The highest BCUT2D eigenvalue weighted by Gasteiger charge is 2.25. The van der Waals surface area contributed by atoms with Gasteiger partial charge in [-0.2, -0.15) is 25.3 Å². The van der Waals surface area contributed by atoms with Gasteiger partial charge in [0.2, 0.25) is 0 Å². The summed E-state index contributed by atoms with van der Waals surface area (Å²) >= 11 is 0. The molecule has 0 atom stereocenters. The predicted molar refractivity (Wildman–Crippen MR) is 178 cm³/mol. The molecule has 0 fully saturated rings. The summed E-state index contributed by atoms with van der Waals surface area (Å²) in [7, 11) is -14.6. The lowest BCUT2D eigenvalue weighted by molar-refractivity contribution is 0.0690. The Morgan fingerprint density at radius 1 is 0.667 bits per heavy atom. The van der Waals surface area contributed by atoms with Crippen LogP contribution in [0.4, 0.5) is 28.4 Å². The molecule has 2 heterocycles. The van der Waals surface area contributed by atoms with Gasteiger partial charge in [0, 0.05) is 16.2 Å². The number of phenols is 1. The Bertz CT molecular complexity index is 2900. The molecule has 0 radical (unpaired) electrons. The molecule has 4 aromatic carbocycles. The molecule has 6 aromatic rings. The van der Waals surface area contributed by atoms with Gasteiger partial charge >= 0.3 is 5.97 Å². The number of para-hydroxylation sites is 1. The highest BCUT2D eigenvalue weighted by Crippen LogP contribution is 2.44. The number of anilines is 1. The molecule has 0 saturated carbocycles. The third-order valence-electron chi connectivity index (χ3n) is 7.24. The van der Waals surface area contributed by atoms with E-state index in [1.807, 2.05) is 0 Å². The normalized spacial score (nSPS) is 12.8. The second kappa shape index (κ2) is 12.4. The summed E-state index contributed by atoms with van der Waals surface area (Å²) < 4.78 is 100. The van der Waals surface area contributed by atoms with Crippen molar-refractivity contribution >= 4 is 97.3 Å². The number of carbonyl (C=O) groups is 1. The van der Waals surface area contributed by atoms with Crippen LogP contribution in [0.5, 0.6) is 5.75 Å². The number of aromatic nitrogens is 2. The molecule has 0 aliphatic rings. The number of phenolic OH excluding ortho intramolecular Hbond substituents is 1. The molecular weight excluding hydrogens is 735 g/mol. The van der Waals surface area contributed by atoms with Crippen LogP contribution in [0.2, 0.25) is 0 Å². The zero-order valence-corrected chi connectivity index (χ0v) is 27.5. The monoisotopic (exact) mass is 753 g/mol. The van der Waals surface area contributed by atoms with Crippen LogP contribution in [-0.4, -0.2) is 65.1 Å². The number of azo groups is 2. The number of hydrogen-bond acceptors (Lipinski definition) is 15. The van der Waals surface area contributed by atoms with E-state index in [1.54, 1.807) is 0 Å². The third kappa shape index (κ3) is 6.77. The maximum Gasteiger partial charge on any atom is 0.354 e. The van der Waals surface area contributed by atoms with E-state index in [2.05, 4.69) is 30.4 Å². The number of fused-ring (bicyclic) bond motifs is 3. The van der Waals surface area contributed by atoms with Crippen molar-refractivity contribution in [2.45, 2.75) is 14.7 Å². The first kappa shape index (κ1) is 34.8. The van der Waals surface area contributed by atoms with E-state index >= 15 is 0 Å². The van der Waals surface area contributed by atoms with Gasteiger partial charge in [0.05, 0.1) is 23.1 Å². The molecular formula is C29H19N7O12S3. The summed E-state index contributed by atoms with van der Waals surface area (Å²) in [4.78, 5) is 17.7. The first-order valence-electron chi connectivity index (χ1n) is 13.7. The van der Waals surface area contributed by atoms with Crippen molar-refractivity contribution in [2.75, 3.05) is 5.73 Å². The van der Waals surface area contributed by atoms with Gasteiger partial charge in [-0.1, -0.05) is 12.1 Å². The minimum absolute atomic E-state index is 0.00885. The Kier molecular flexibility index (Phi) is 8.45. The van der Waals surface area contributed by atoms with Crippen molar-refractivity contribution in [1.29, 1.82) is 0 Å². The molecule has 7 N–H and O–H groups in total. The number of carboxylic acid groups (broad SMARTS) is 1. The number of aromatic hydroxyl groups is 1. The van der Waals surface area contributed by atoms with E-state index in [4.69, 9.17) is 5.73 Å². The van der Waals surface area contributed by atoms with Crippen molar-refractivity contribution in [3.05, 3.63) is 78.6 Å². The van der Waals surface area contributed by atoms with Gasteiger partial charge < -0.3 is 15.9 Å². The van der Waals surface area contributed by atoms with Gasteiger partial charge in [0.25, 0.3) is 30.4 Å². The maximum atomic E-state index is 12.3. The summed E-state index contributed by atoms with van der Waals surface area (Å²) in [5.74, 6) is -2.32. The van der Waals surface area contributed by atoms with Crippen molar-refractivity contribution in [3.8, 4) is 5.75 Å². The summed E-state index contributed by atoms with van der Waals surface area (Å²) in [6.45, 7) is 0. The molecule has 0 aliphatic heterocycles. The minimum Gasteiger partial charge on any atom is -0.505 e. The molecule has 2 aromatic heterocycles. The summed E-state index contributed by atoms with van der Waals surface area (Å²) in [6.07, 6.45) is 1.20. The standard InChI is InChI=1S/C29H19N7O12S3/c30-18-11-17-14(9-23(18)50(43,44)45)10-24(51(46,47)48)27(28(17)37)36-35-20-7-6-19(16-4-5-21(29(38)39)32-26(16)20)34-33-15-8-13-2-1-3-22(49(40,41)42)25(13)31-12-15/h1-12,37H,30H2,(H,38,39)(H,40,41,42)(H,43,44,45)(H,46,47,48)/b34-33+,36-35+. The molecule has 22 heteroatoms. The van der Waals surface area contributed by atoms with Crippen LogP contribution in [0.25, 0.3) is 32.6 Å². The van der Waals surface area contributed by atoms with Crippen LogP contribution in [0.1, 0.15) is 10.5 Å². The molecule has 0 aliphatic carbocycles. The number of hydrogen-bond donors (Lipinski definition) is 6. The Morgan fingerprint density at radius 3 is 1.98 bits per heavy atom. The Hall–Kier alpha value is -6.04. The number of carboxylic acids is 1. The van der Waals surface area contributed by atoms with Crippen molar-refractivity contribution in [2.24, 2.45) is 20.5 Å². The molecule has 0 amide bonds. The van der Waals surface area contributed by atoms with E-state index in [0.29, 0.717) is 5.39 Å². The lowest BCUT2D eigenvalue weighted by Crippen LogP contribution is -2.04. The summed E-state index contributed by atoms with van der Waals surface area (Å²) in [6, 6.07) is 13.2. The number of nitrogens with zero attached hydrogens (tertiary/aromatic N) is 6. The van der Waals surface area contributed by atoms with E-state index < -0.39 is 73.8 Å².